The minimum absolute atomic E-state index is 0.0224. The van der Waals surface area contributed by atoms with Gasteiger partial charge in [0.15, 0.2) is 0 Å². The summed E-state index contributed by atoms with van der Waals surface area (Å²) in [5.41, 5.74) is 0.689. The summed E-state index contributed by atoms with van der Waals surface area (Å²) in [4.78, 5) is 12.6. The number of nitro benzene ring substituents is 1. The average molecular weight is 342 g/mol. The maximum Gasteiger partial charge on any atom is 0.269 e. The van der Waals surface area contributed by atoms with Crippen molar-refractivity contribution < 1.29 is 10.0 Å². The minimum Gasteiger partial charge on any atom is -0.390 e. The third-order valence-electron chi connectivity index (χ3n) is 4.28. The van der Waals surface area contributed by atoms with Gasteiger partial charge < -0.3 is 15.3 Å². The summed E-state index contributed by atoms with van der Waals surface area (Å²) in [7, 11) is 0. The quantitative estimate of drug-likeness (QED) is 0.588. The lowest BCUT2D eigenvalue weighted by molar-refractivity contribution is -0.384. The van der Waals surface area contributed by atoms with Crippen molar-refractivity contribution in [3.63, 3.8) is 0 Å². The molecule has 0 bridgehead atoms. The zero-order valence-corrected chi connectivity index (χ0v) is 14.1. The van der Waals surface area contributed by atoms with E-state index in [1.807, 2.05) is 0 Å². The molecule has 2 rings (SSSR count). The van der Waals surface area contributed by atoms with Crippen LogP contribution in [-0.2, 0) is 6.54 Å². The van der Waals surface area contributed by atoms with Crippen molar-refractivity contribution in [3.05, 3.63) is 38.9 Å². The van der Waals surface area contributed by atoms with Crippen LogP contribution in [0.1, 0.15) is 25.3 Å². The van der Waals surface area contributed by atoms with Gasteiger partial charge in [0.2, 0.25) is 0 Å². The predicted octanol–water partition coefficient (Wildman–Crippen LogP) is 2.43. The van der Waals surface area contributed by atoms with E-state index in [4.69, 9.17) is 11.6 Å². The van der Waals surface area contributed by atoms with E-state index < -0.39 is 11.0 Å². The van der Waals surface area contributed by atoms with Gasteiger partial charge in [-0.25, -0.2) is 0 Å². The zero-order valence-electron chi connectivity index (χ0n) is 13.4. The van der Waals surface area contributed by atoms with Gasteiger partial charge in [-0.2, -0.15) is 0 Å². The van der Waals surface area contributed by atoms with E-state index in [1.54, 1.807) is 0 Å². The summed E-state index contributed by atoms with van der Waals surface area (Å²) in [5.74, 6) is 0.775. The van der Waals surface area contributed by atoms with E-state index >= 15 is 0 Å². The van der Waals surface area contributed by atoms with E-state index in [0.29, 0.717) is 30.2 Å². The first-order valence-corrected chi connectivity index (χ1v) is 8.37. The molecular weight excluding hydrogens is 318 g/mol. The van der Waals surface area contributed by atoms with E-state index in [2.05, 4.69) is 17.1 Å². The molecule has 0 saturated carbocycles. The fraction of sp³-hybridized carbons (Fsp3) is 0.625. The van der Waals surface area contributed by atoms with Crippen molar-refractivity contribution in [1.82, 2.24) is 10.2 Å². The fourth-order valence-corrected chi connectivity index (χ4v) is 2.98. The van der Waals surface area contributed by atoms with Crippen molar-refractivity contribution >= 4 is 17.3 Å². The molecule has 6 nitrogen and oxygen atoms in total. The lowest BCUT2D eigenvalue weighted by Crippen LogP contribution is -2.41. The van der Waals surface area contributed by atoms with E-state index in [0.717, 1.165) is 19.0 Å². The number of hydrogen-bond donors (Lipinski definition) is 2. The zero-order chi connectivity index (χ0) is 16.8. The Labute approximate surface area is 141 Å². The van der Waals surface area contributed by atoms with Crippen LogP contribution in [0, 0.1) is 16.0 Å². The number of β-amino-alcohol motifs (C(OH)–C–C–N with tert-alkyl or cyclic N) is 1. The van der Waals surface area contributed by atoms with Crippen molar-refractivity contribution in [2.24, 2.45) is 5.92 Å². The molecule has 1 unspecified atom stereocenters. The second kappa shape index (κ2) is 8.59. The number of rotatable bonds is 7. The molecule has 0 aliphatic carbocycles. The second-order valence-electron chi connectivity index (χ2n) is 6.30. The lowest BCUT2D eigenvalue weighted by atomic mass is 9.99. The standard InChI is InChI=1S/C16H24ClN3O3/c1-12-4-6-19(7-5-12)11-15(21)10-18-9-13-8-14(20(22)23)2-3-16(13)17/h2-3,8,12,15,18,21H,4-7,9-11H2,1H3. The lowest BCUT2D eigenvalue weighted by Gasteiger charge is -2.31. The van der Waals surface area contributed by atoms with Gasteiger partial charge in [0.05, 0.1) is 11.0 Å². The Morgan fingerprint density at radius 2 is 2.17 bits per heavy atom. The number of benzene rings is 1. The van der Waals surface area contributed by atoms with E-state index in [9.17, 15) is 15.2 Å². The number of halogens is 1. The summed E-state index contributed by atoms with van der Waals surface area (Å²) in [6.07, 6.45) is 1.91. The number of aliphatic hydroxyl groups excluding tert-OH is 1. The minimum atomic E-state index is -0.458. The van der Waals surface area contributed by atoms with Gasteiger partial charge >= 0.3 is 0 Å². The van der Waals surface area contributed by atoms with Gasteiger partial charge in [-0.3, -0.25) is 10.1 Å². The molecule has 0 aromatic heterocycles. The van der Waals surface area contributed by atoms with Crippen molar-refractivity contribution in [1.29, 1.82) is 0 Å². The first-order chi connectivity index (χ1) is 11.0. The topological polar surface area (TPSA) is 78.6 Å². The molecule has 23 heavy (non-hydrogen) atoms. The van der Waals surface area contributed by atoms with Crippen LogP contribution < -0.4 is 5.32 Å². The maximum absolute atomic E-state index is 10.8. The van der Waals surface area contributed by atoms with Crippen LogP contribution in [0.25, 0.3) is 0 Å². The third-order valence-corrected chi connectivity index (χ3v) is 4.65. The van der Waals surface area contributed by atoms with Crippen LogP contribution in [0.2, 0.25) is 5.02 Å². The van der Waals surface area contributed by atoms with Gasteiger partial charge in [0, 0.05) is 36.8 Å². The van der Waals surface area contributed by atoms with Crippen LogP contribution in [-0.4, -0.2) is 47.2 Å². The molecule has 1 atom stereocenters. The molecule has 1 aromatic rings. The number of nitrogens with zero attached hydrogens (tertiary/aromatic N) is 2. The Bertz CT molecular complexity index is 533. The van der Waals surface area contributed by atoms with Gasteiger partial charge in [0.25, 0.3) is 5.69 Å². The van der Waals surface area contributed by atoms with Gasteiger partial charge in [-0.1, -0.05) is 18.5 Å². The SMILES string of the molecule is CC1CCN(CC(O)CNCc2cc([N+](=O)[O-])ccc2Cl)CC1. The number of hydrogen-bond acceptors (Lipinski definition) is 5. The second-order valence-corrected chi connectivity index (χ2v) is 6.71. The van der Waals surface area contributed by atoms with Gasteiger partial charge in [-0.15, -0.1) is 0 Å². The average Bonchev–Trinajstić information content (AvgIpc) is 2.51. The first-order valence-electron chi connectivity index (χ1n) is 7.99. The molecule has 0 radical (unpaired) electrons. The highest BCUT2D eigenvalue weighted by atomic mass is 35.5. The number of non-ortho nitro benzene ring substituents is 1. The first kappa shape index (κ1) is 18.1. The van der Waals surface area contributed by atoms with Crippen molar-refractivity contribution in [2.75, 3.05) is 26.2 Å². The number of likely N-dealkylation sites (tertiary alicyclic amines) is 1. The number of nitro groups is 1. The number of nitrogens with one attached hydrogen (secondary N) is 1. The molecule has 1 saturated heterocycles. The van der Waals surface area contributed by atoms with Crippen molar-refractivity contribution in [3.8, 4) is 0 Å². The largest absolute Gasteiger partial charge is 0.390 e. The van der Waals surface area contributed by atoms with E-state index in [-0.39, 0.29) is 5.69 Å². The van der Waals surface area contributed by atoms with Crippen LogP contribution in [0.4, 0.5) is 5.69 Å². The van der Waals surface area contributed by atoms with E-state index in [1.165, 1.54) is 31.0 Å². The normalized spacial score (nSPS) is 18.0. The Hall–Kier alpha value is -1.21. The molecule has 0 spiro atoms. The van der Waals surface area contributed by atoms with Crippen LogP contribution in [0.15, 0.2) is 18.2 Å². The molecule has 1 aliphatic heterocycles. The molecule has 7 heteroatoms. The Morgan fingerprint density at radius 3 is 2.83 bits per heavy atom. The summed E-state index contributed by atoms with van der Waals surface area (Å²) in [5, 5.41) is 24.5. The summed E-state index contributed by atoms with van der Waals surface area (Å²) >= 11 is 6.05. The summed E-state index contributed by atoms with van der Waals surface area (Å²) in [6.45, 7) is 5.82. The fourth-order valence-electron chi connectivity index (χ4n) is 2.79. The highest BCUT2D eigenvalue weighted by Gasteiger charge is 2.18. The van der Waals surface area contributed by atoms with Crippen LogP contribution >= 0.6 is 11.6 Å². The maximum atomic E-state index is 10.8. The van der Waals surface area contributed by atoms with Crippen molar-refractivity contribution in [2.45, 2.75) is 32.4 Å². The Morgan fingerprint density at radius 1 is 1.48 bits per heavy atom. The Balaban J connectivity index is 1.76. The highest BCUT2D eigenvalue weighted by Crippen LogP contribution is 2.22. The van der Waals surface area contributed by atoms with Crippen LogP contribution in [0.5, 0.6) is 0 Å². The summed E-state index contributed by atoms with van der Waals surface area (Å²) < 4.78 is 0. The third kappa shape index (κ3) is 5.73. The molecule has 1 fully saturated rings. The molecule has 2 N–H and O–H groups in total. The molecule has 128 valence electrons. The van der Waals surface area contributed by atoms with Gasteiger partial charge in [-0.05, 0) is 43.5 Å². The molecule has 0 amide bonds. The molecule has 1 heterocycles. The Kier molecular flexibility index (Phi) is 6.77. The molecule has 1 aromatic carbocycles. The number of piperidine rings is 1. The molecule has 1 aliphatic rings. The predicted molar refractivity (Wildman–Crippen MR) is 90.7 cm³/mol. The van der Waals surface area contributed by atoms with Crippen LogP contribution in [0.3, 0.4) is 0 Å². The number of aliphatic hydroxyl groups is 1. The summed E-state index contributed by atoms with van der Waals surface area (Å²) in [6, 6.07) is 4.38. The highest BCUT2D eigenvalue weighted by molar-refractivity contribution is 6.31. The monoisotopic (exact) mass is 341 g/mol. The smallest absolute Gasteiger partial charge is 0.269 e. The molecular formula is C16H24ClN3O3. The van der Waals surface area contributed by atoms with Gasteiger partial charge in [0.1, 0.15) is 0 Å².